The Labute approximate surface area is 163 Å². The zero-order chi connectivity index (χ0) is 19.8. The second-order valence-electron chi connectivity index (χ2n) is 7.27. The van der Waals surface area contributed by atoms with Gasteiger partial charge in [-0.15, -0.1) is 0 Å². The Hall–Kier alpha value is -2.97. The van der Waals surface area contributed by atoms with Crippen molar-refractivity contribution in [2.45, 2.75) is 51.1 Å². The normalized spacial score (nSPS) is 19.8. The monoisotopic (exact) mass is 383 g/mol. The van der Waals surface area contributed by atoms with Crippen LogP contribution in [0.4, 0.5) is 11.5 Å². The van der Waals surface area contributed by atoms with Crippen LogP contribution in [-0.2, 0) is 4.79 Å². The first-order valence-electron chi connectivity index (χ1n) is 9.76. The molecule has 28 heavy (non-hydrogen) atoms. The van der Waals surface area contributed by atoms with Gasteiger partial charge in [-0.1, -0.05) is 19.8 Å². The van der Waals surface area contributed by atoms with Gasteiger partial charge < -0.3 is 15.1 Å². The highest BCUT2D eigenvalue weighted by Gasteiger charge is 2.41. The van der Waals surface area contributed by atoms with Crippen molar-refractivity contribution in [3.8, 4) is 5.95 Å². The molecular formula is C19H25N7O2. The number of likely N-dealkylation sites (N-methyl/N-ethyl adjacent to an activating group) is 1. The lowest BCUT2D eigenvalue weighted by molar-refractivity contribution is -0.120. The molecule has 1 atom stereocenters. The lowest BCUT2D eigenvalue weighted by atomic mass is 10.0. The Morgan fingerprint density at radius 1 is 1.32 bits per heavy atom. The van der Waals surface area contributed by atoms with Gasteiger partial charge in [0, 0.05) is 26.3 Å². The third kappa shape index (κ3) is 2.90. The molecule has 1 aliphatic heterocycles. The zero-order valence-corrected chi connectivity index (χ0v) is 16.4. The van der Waals surface area contributed by atoms with E-state index in [9.17, 15) is 9.59 Å². The predicted molar refractivity (Wildman–Crippen MR) is 105 cm³/mol. The highest BCUT2D eigenvalue weighted by Crippen LogP contribution is 2.39. The molecule has 9 heteroatoms. The van der Waals surface area contributed by atoms with E-state index < -0.39 is 0 Å². The van der Waals surface area contributed by atoms with Crippen molar-refractivity contribution in [1.29, 1.82) is 0 Å². The maximum atomic E-state index is 12.9. The van der Waals surface area contributed by atoms with Crippen LogP contribution in [0.5, 0.6) is 0 Å². The maximum absolute atomic E-state index is 12.9. The molecule has 1 fully saturated rings. The van der Waals surface area contributed by atoms with Gasteiger partial charge in [0.05, 0.1) is 6.20 Å². The molecule has 2 aromatic rings. The summed E-state index contributed by atoms with van der Waals surface area (Å²) < 4.78 is 1.50. The lowest BCUT2D eigenvalue weighted by Crippen LogP contribution is -2.55. The smallest absolute Gasteiger partial charge is 0.271 e. The zero-order valence-electron chi connectivity index (χ0n) is 16.4. The summed E-state index contributed by atoms with van der Waals surface area (Å²) in [7, 11) is 3.34. The van der Waals surface area contributed by atoms with E-state index in [1.807, 2.05) is 6.92 Å². The molecule has 0 aromatic carbocycles. The first kappa shape index (κ1) is 18.4. The van der Waals surface area contributed by atoms with E-state index in [2.05, 4.69) is 20.3 Å². The number of hydrogen-bond donors (Lipinski definition) is 1. The summed E-state index contributed by atoms with van der Waals surface area (Å²) in [5.74, 6) is 0.970. The van der Waals surface area contributed by atoms with E-state index in [4.69, 9.17) is 4.98 Å². The van der Waals surface area contributed by atoms with Gasteiger partial charge in [-0.2, -0.15) is 10.1 Å². The Balaban J connectivity index is 1.78. The lowest BCUT2D eigenvalue weighted by Gasteiger charge is -2.43. The Bertz CT molecular complexity index is 903. The fraction of sp³-hybridized carbons (Fsp3) is 0.526. The molecule has 3 heterocycles. The second kappa shape index (κ2) is 7.21. The van der Waals surface area contributed by atoms with E-state index in [1.54, 1.807) is 37.5 Å². The molecule has 0 radical (unpaired) electrons. The minimum atomic E-state index is -0.263. The topological polar surface area (TPSA) is 96.2 Å². The fourth-order valence-electron chi connectivity index (χ4n) is 4.17. The molecule has 9 nitrogen and oxygen atoms in total. The molecule has 1 aliphatic carbocycles. The minimum absolute atomic E-state index is 0.0826. The average molecular weight is 383 g/mol. The molecule has 4 rings (SSSR count). The highest BCUT2D eigenvalue weighted by atomic mass is 16.2. The number of amides is 2. The minimum Gasteiger partial charge on any atom is -0.354 e. The van der Waals surface area contributed by atoms with Crippen LogP contribution in [0.3, 0.4) is 0 Å². The fourth-order valence-corrected chi connectivity index (χ4v) is 4.17. The molecule has 148 valence electrons. The first-order chi connectivity index (χ1) is 13.5. The van der Waals surface area contributed by atoms with Crippen LogP contribution in [0, 0.1) is 0 Å². The number of hydrogen-bond acceptors (Lipinski definition) is 6. The van der Waals surface area contributed by atoms with Crippen molar-refractivity contribution in [3.05, 3.63) is 24.2 Å². The summed E-state index contributed by atoms with van der Waals surface area (Å²) in [6.07, 6.45) is 8.53. The van der Waals surface area contributed by atoms with E-state index >= 15 is 0 Å². The molecule has 2 aliphatic rings. The number of carbonyl (C=O) groups is 2. The molecular weight excluding hydrogens is 358 g/mol. The molecule has 2 aromatic heterocycles. The number of carbonyl (C=O) groups excluding carboxylic acids is 2. The van der Waals surface area contributed by atoms with Crippen LogP contribution >= 0.6 is 0 Å². The summed E-state index contributed by atoms with van der Waals surface area (Å²) in [6.45, 7) is 2.04. The summed E-state index contributed by atoms with van der Waals surface area (Å²) in [6, 6.07) is 1.71. The summed E-state index contributed by atoms with van der Waals surface area (Å²) in [5, 5.41) is 6.83. The van der Waals surface area contributed by atoms with E-state index in [-0.39, 0.29) is 17.9 Å². The van der Waals surface area contributed by atoms with Gasteiger partial charge in [-0.05, 0) is 25.3 Å². The van der Waals surface area contributed by atoms with Gasteiger partial charge in [0.15, 0.2) is 11.5 Å². The van der Waals surface area contributed by atoms with Gasteiger partial charge in [0.2, 0.25) is 5.91 Å². The van der Waals surface area contributed by atoms with E-state index in [0.29, 0.717) is 23.4 Å². The predicted octanol–water partition coefficient (Wildman–Crippen LogP) is 1.53. The largest absolute Gasteiger partial charge is 0.354 e. The molecule has 0 bridgehead atoms. The average Bonchev–Trinajstić information content (AvgIpc) is 3.41. The van der Waals surface area contributed by atoms with Crippen molar-refractivity contribution in [2.24, 2.45) is 0 Å². The van der Waals surface area contributed by atoms with Gasteiger partial charge in [-0.25, -0.2) is 9.67 Å². The Morgan fingerprint density at radius 2 is 2.07 bits per heavy atom. The van der Waals surface area contributed by atoms with Crippen LogP contribution in [0.25, 0.3) is 5.95 Å². The van der Waals surface area contributed by atoms with Crippen LogP contribution < -0.4 is 15.1 Å². The number of nitrogens with zero attached hydrogens (tertiary/aromatic N) is 6. The first-order valence-corrected chi connectivity index (χ1v) is 9.76. The molecule has 0 spiro atoms. The summed E-state index contributed by atoms with van der Waals surface area (Å²) in [5.41, 5.74) is 1.01. The van der Waals surface area contributed by atoms with E-state index in [0.717, 1.165) is 25.1 Å². The van der Waals surface area contributed by atoms with Crippen LogP contribution in [0.1, 0.15) is 49.5 Å². The number of fused-ring (bicyclic) bond motifs is 1. The van der Waals surface area contributed by atoms with Crippen LogP contribution in [0.2, 0.25) is 0 Å². The third-order valence-electron chi connectivity index (χ3n) is 5.65. The van der Waals surface area contributed by atoms with Crippen LogP contribution in [0.15, 0.2) is 18.5 Å². The van der Waals surface area contributed by atoms with Gasteiger partial charge in [0.1, 0.15) is 11.7 Å². The summed E-state index contributed by atoms with van der Waals surface area (Å²) in [4.78, 5) is 37.7. The maximum Gasteiger partial charge on any atom is 0.271 e. The van der Waals surface area contributed by atoms with E-state index in [1.165, 1.54) is 17.5 Å². The SMILES string of the molecule is CC[C@@H]1C(=O)N(C)c2cnc(-n3ccc(C(=O)NC)n3)nc2N1C1CCCC1. The van der Waals surface area contributed by atoms with Crippen LogP contribution in [-0.4, -0.2) is 57.7 Å². The number of anilines is 2. The van der Waals surface area contributed by atoms with Crippen molar-refractivity contribution < 1.29 is 9.59 Å². The van der Waals surface area contributed by atoms with Crippen molar-refractivity contribution in [1.82, 2.24) is 25.1 Å². The standard InChI is InChI=1S/C19H25N7O2/c1-4-14-18(28)24(3)15-11-21-19(25-10-9-13(23-25)17(27)20-2)22-16(15)26(14)12-7-5-6-8-12/h9-12,14H,4-8H2,1-3H3,(H,20,27)/t14-/m1/s1. The Kier molecular flexibility index (Phi) is 4.74. The van der Waals surface area contributed by atoms with Crippen molar-refractivity contribution in [3.63, 3.8) is 0 Å². The molecule has 1 saturated carbocycles. The van der Waals surface area contributed by atoms with Crippen molar-refractivity contribution >= 4 is 23.3 Å². The quantitative estimate of drug-likeness (QED) is 0.860. The molecule has 0 saturated heterocycles. The van der Waals surface area contributed by atoms with Crippen molar-refractivity contribution in [2.75, 3.05) is 23.9 Å². The third-order valence-corrected chi connectivity index (χ3v) is 5.65. The highest BCUT2D eigenvalue weighted by molar-refractivity contribution is 6.04. The van der Waals surface area contributed by atoms with Gasteiger partial charge >= 0.3 is 0 Å². The molecule has 0 unspecified atom stereocenters. The number of nitrogens with one attached hydrogen (secondary N) is 1. The Morgan fingerprint density at radius 3 is 2.75 bits per heavy atom. The summed E-state index contributed by atoms with van der Waals surface area (Å²) >= 11 is 0. The number of aromatic nitrogens is 4. The molecule has 2 amide bonds. The second-order valence-corrected chi connectivity index (χ2v) is 7.27. The van der Waals surface area contributed by atoms with Gasteiger partial charge in [-0.3, -0.25) is 9.59 Å². The molecule has 1 N–H and O–H groups in total. The van der Waals surface area contributed by atoms with Gasteiger partial charge in [0.25, 0.3) is 11.9 Å². The number of rotatable bonds is 4.